The van der Waals surface area contributed by atoms with E-state index in [0.29, 0.717) is 28.1 Å². The number of benzene rings is 2. The number of H-pyrrole nitrogens is 1. The third-order valence-corrected chi connectivity index (χ3v) is 4.84. The number of hydrogen-bond acceptors (Lipinski definition) is 4. The second-order valence-corrected chi connectivity index (χ2v) is 6.49. The predicted octanol–water partition coefficient (Wildman–Crippen LogP) is 1.98. The lowest BCUT2D eigenvalue weighted by Gasteiger charge is -2.14. The summed E-state index contributed by atoms with van der Waals surface area (Å²) in [5.74, 6) is -0.278. The van der Waals surface area contributed by atoms with Gasteiger partial charge in [-0.05, 0) is 17.7 Å². The third kappa shape index (κ3) is 2.30. The van der Waals surface area contributed by atoms with Crippen LogP contribution in [0.5, 0.6) is 0 Å². The lowest BCUT2D eigenvalue weighted by Crippen LogP contribution is -2.30. The number of nitrogens with zero attached hydrogens (tertiary/aromatic N) is 2. The van der Waals surface area contributed by atoms with Gasteiger partial charge in [0.15, 0.2) is 5.65 Å². The number of carbonyl (C=O) groups excluding carboxylic acids is 1. The molecule has 2 N–H and O–H groups in total. The van der Waals surface area contributed by atoms with E-state index in [2.05, 4.69) is 15.3 Å². The fraction of sp³-hybridized carbons (Fsp3) is 0.0476. The Bertz CT molecular complexity index is 1360. The number of hydrogen-bond donors (Lipinski definition) is 2. The van der Waals surface area contributed by atoms with Crippen LogP contribution in [0.3, 0.4) is 0 Å². The van der Waals surface area contributed by atoms with Gasteiger partial charge in [0.05, 0.1) is 28.9 Å². The summed E-state index contributed by atoms with van der Waals surface area (Å²) in [5.41, 5.74) is 1.77. The number of amides is 1. The third-order valence-electron chi connectivity index (χ3n) is 4.84. The first-order chi connectivity index (χ1) is 13.6. The molecule has 0 aliphatic carbocycles. The minimum absolute atomic E-state index is 0.213. The van der Waals surface area contributed by atoms with E-state index in [9.17, 15) is 14.4 Å². The van der Waals surface area contributed by atoms with Crippen molar-refractivity contribution in [1.29, 1.82) is 0 Å². The number of aromatic nitrogens is 3. The molecule has 1 aliphatic heterocycles. The van der Waals surface area contributed by atoms with Crippen molar-refractivity contribution in [2.45, 2.75) is 6.54 Å². The van der Waals surface area contributed by atoms with Gasteiger partial charge in [0.2, 0.25) is 0 Å². The molecule has 0 spiro atoms. The fourth-order valence-electron chi connectivity index (χ4n) is 3.64. The van der Waals surface area contributed by atoms with Gasteiger partial charge >= 0.3 is 5.69 Å². The first-order valence-corrected chi connectivity index (χ1v) is 8.76. The number of pyridine rings is 1. The molecule has 0 radical (unpaired) electrons. The van der Waals surface area contributed by atoms with Crippen LogP contribution < -0.4 is 16.6 Å². The molecule has 1 amide bonds. The Labute approximate surface area is 158 Å². The molecule has 0 unspecified atom stereocenters. The van der Waals surface area contributed by atoms with Crippen LogP contribution in [0.4, 0.5) is 0 Å². The highest BCUT2D eigenvalue weighted by Crippen LogP contribution is 2.33. The van der Waals surface area contributed by atoms with Gasteiger partial charge < -0.3 is 5.32 Å². The van der Waals surface area contributed by atoms with E-state index in [4.69, 9.17) is 0 Å². The van der Waals surface area contributed by atoms with Crippen LogP contribution >= 0.6 is 0 Å². The van der Waals surface area contributed by atoms with Crippen molar-refractivity contribution in [3.05, 3.63) is 92.8 Å². The van der Waals surface area contributed by atoms with Crippen LogP contribution in [0.15, 0.2) is 70.3 Å². The molecule has 2 aromatic carbocycles. The molecule has 136 valence electrons. The van der Waals surface area contributed by atoms with Gasteiger partial charge in [0.25, 0.3) is 11.5 Å². The zero-order valence-electron chi connectivity index (χ0n) is 14.6. The number of carbonyl (C=O) groups is 1. The molecular weight excluding hydrogens is 356 g/mol. The van der Waals surface area contributed by atoms with Gasteiger partial charge in [-0.3, -0.25) is 14.6 Å². The summed E-state index contributed by atoms with van der Waals surface area (Å²) >= 11 is 0. The number of nitrogens with one attached hydrogen (secondary N) is 2. The minimum Gasteiger partial charge on any atom is -0.346 e. The number of fused-ring (bicyclic) bond motifs is 2. The Morgan fingerprint density at radius 1 is 0.857 bits per heavy atom. The number of aromatic amines is 1. The maximum absolute atomic E-state index is 12.8. The summed E-state index contributed by atoms with van der Waals surface area (Å²) < 4.78 is 1.37. The van der Waals surface area contributed by atoms with E-state index in [1.54, 1.807) is 24.3 Å². The average molecular weight is 370 g/mol. The van der Waals surface area contributed by atoms with Crippen molar-refractivity contribution in [1.82, 2.24) is 19.9 Å². The van der Waals surface area contributed by atoms with E-state index in [1.165, 1.54) is 4.57 Å². The van der Waals surface area contributed by atoms with E-state index >= 15 is 0 Å². The molecule has 0 bridgehead atoms. The zero-order valence-corrected chi connectivity index (χ0v) is 14.6. The van der Waals surface area contributed by atoms with Crippen molar-refractivity contribution in [2.24, 2.45) is 0 Å². The van der Waals surface area contributed by atoms with Gasteiger partial charge in [-0.25, -0.2) is 14.3 Å². The lowest BCUT2D eigenvalue weighted by atomic mass is 9.96. The monoisotopic (exact) mass is 370 g/mol. The predicted molar refractivity (Wildman–Crippen MR) is 105 cm³/mol. The molecule has 4 aromatic rings. The Balaban J connectivity index is 2.02. The molecule has 1 aliphatic rings. The summed E-state index contributed by atoms with van der Waals surface area (Å²) in [7, 11) is 0. The second-order valence-electron chi connectivity index (χ2n) is 6.49. The second kappa shape index (κ2) is 6.02. The highest BCUT2D eigenvalue weighted by atomic mass is 16.2. The molecule has 5 rings (SSSR count). The Morgan fingerprint density at radius 3 is 2.25 bits per heavy atom. The molecule has 7 nitrogen and oxygen atoms in total. The van der Waals surface area contributed by atoms with Crippen molar-refractivity contribution < 1.29 is 4.79 Å². The van der Waals surface area contributed by atoms with Crippen LogP contribution in [0, 0.1) is 0 Å². The molecule has 0 atom stereocenters. The largest absolute Gasteiger partial charge is 0.346 e. The van der Waals surface area contributed by atoms with Gasteiger partial charge in [0, 0.05) is 5.56 Å². The average Bonchev–Trinajstić information content (AvgIpc) is 3.08. The summed E-state index contributed by atoms with van der Waals surface area (Å²) in [5, 5.41) is 2.98. The van der Waals surface area contributed by atoms with Crippen LogP contribution in [0.1, 0.15) is 16.1 Å². The maximum Gasteiger partial charge on any atom is 0.334 e. The number of rotatable bonds is 2. The summed E-state index contributed by atoms with van der Waals surface area (Å²) in [6.07, 6.45) is 0. The Kier molecular flexibility index (Phi) is 3.48. The minimum atomic E-state index is -0.576. The van der Waals surface area contributed by atoms with Gasteiger partial charge in [-0.1, -0.05) is 48.5 Å². The molecule has 3 heterocycles. The topological polar surface area (TPSA) is 96.8 Å². The SMILES string of the molecule is O=C1NCc2nc3c(c(-c4ccccc4)c21)c(=O)[nH]c(=O)n3-c1ccccc1. The quantitative estimate of drug-likeness (QED) is 0.564. The molecule has 7 heteroatoms. The first kappa shape index (κ1) is 16.2. The molecule has 0 saturated carbocycles. The summed E-state index contributed by atoms with van der Waals surface area (Å²) in [6, 6.07) is 18.2. The van der Waals surface area contributed by atoms with Crippen LogP contribution in [-0.4, -0.2) is 20.4 Å². The Morgan fingerprint density at radius 2 is 1.54 bits per heavy atom. The fourth-order valence-corrected chi connectivity index (χ4v) is 3.64. The molecule has 2 aromatic heterocycles. The van der Waals surface area contributed by atoms with Gasteiger partial charge in [-0.2, -0.15) is 0 Å². The van der Waals surface area contributed by atoms with Crippen molar-refractivity contribution in [3.8, 4) is 16.8 Å². The molecule has 0 fully saturated rings. The maximum atomic E-state index is 12.8. The standard InChI is InChI=1S/C21H14N4O3/c26-19-16-14(11-22-19)23-18-17(15(16)12-7-3-1-4-8-12)20(27)24-21(28)25(18)13-9-5-2-6-10-13/h1-10H,11H2,(H,22,26)(H,24,27,28). The van der Waals surface area contributed by atoms with E-state index < -0.39 is 11.2 Å². The van der Waals surface area contributed by atoms with Crippen molar-refractivity contribution >= 4 is 16.9 Å². The smallest absolute Gasteiger partial charge is 0.334 e. The van der Waals surface area contributed by atoms with Crippen molar-refractivity contribution in [2.75, 3.05) is 0 Å². The molecular formula is C21H14N4O3. The van der Waals surface area contributed by atoms with E-state index in [1.807, 2.05) is 36.4 Å². The van der Waals surface area contributed by atoms with Gasteiger partial charge in [-0.15, -0.1) is 0 Å². The Hall–Kier alpha value is -4.00. The van der Waals surface area contributed by atoms with Crippen LogP contribution in [0.25, 0.3) is 27.8 Å². The highest BCUT2D eigenvalue weighted by molar-refractivity contribution is 6.10. The van der Waals surface area contributed by atoms with E-state index in [0.717, 1.165) is 0 Å². The number of para-hydroxylation sites is 1. The van der Waals surface area contributed by atoms with Gasteiger partial charge in [0.1, 0.15) is 0 Å². The highest BCUT2D eigenvalue weighted by Gasteiger charge is 2.29. The van der Waals surface area contributed by atoms with Crippen LogP contribution in [0.2, 0.25) is 0 Å². The van der Waals surface area contributed by atoms with E-state index in [-0.39, 0.29) is 23.5 Å². The molecule has 0 saturated heterocycles. The normalized spacial score (nSPS) is 12.8. The van der Waals surface area contributed by atoms with Crippen LogP contribution in [-0.2, 0) is 6.54 Å². The first-order valence-electron chi connectivity index (χ1n) is 8.76. The summed E-state index contributed by atoms with van der Waals surface area (Å²) in [4.78, 5) is 44.9. The summed E-state index contributed by atoms with van der Waals surface area (Å²) in [6.45, 7) is 0.250. The zero-order chi connectivity index (χ0) is 19.3. The lowest BCUT2D eigenvalue weighted by molar-refractivity contribution is 0.0966. The molecule has 28 heavy (non-hydrogen) atoms. The van der Waals surface area contributed by atoms with Crippen molar-refractivity contribution in [3.63, 3.8) is 0 Å².